The Balaban J connectivity index is 2.57. The molecule has 2 aromatic rings. The van der Waals surface area contributed by atoms with Gasteiger partial charge in [0.05, 0.1) is 12.7 Å². The molecule has 0 aromatic heterocycles. The average molecular weight is 284 g/mol. The fraction of sp³-hybridized carbons (Fsp3) is 0.278. The fourth-order valence-electron chi connectivity index (χ4n) is 2.25. The maximum atomic E-state index is 12.5. The summed E-state index contributed by atoms with van der Waals surface area (Å²) in [5.41, 5.74) is 1.55. The zero-order valence-corrected chi connectivity index (χ0v) is 12.8. The Bertz CT molecular complexity index is 652. The van der Waals surface area contributed by atoms with Crippen molar-refractivity contribution >= 4 is 5.78 Å². The van der Waals surface area contributed by atoms with E-state index in [1.54, 1.807) is 37.4 Å². The summed E-state index contributed by atoms with van der Waals surface area (Å²) in [5, 5.41) is 10.1. The van der Waals surface area contributed by atoms with Crippen LogP contribution in [-0.4, -0.2) is 18.0 Å². The van der Waals surface area contributed by atoms with Gasteiger partial charge in [-0.05, 0) is 11.5 Å². The van der Waals surface area contributed by atoms with E-state index in [0.717, 1.165) is 5.56 Å². The van der Waals surface area contributed by atoms with E-state index in [4.69, 9.17) is 4.74 Å². The van der Waals surface area contributed by atoms with Crippen molar-refractivity contribution in [2.24, 2.45) is 0 Å². The van der Waals surface area contributed by atoms with E-state index in [-0.39, 0.29) is 16.9 Å². The summed E-state index contributed by atoms with van der Waals surface area (Å²) in [4.78, 5) is 12.5. The van der Waals surface area contributed by atoms with Crippen LogP contribution in [0.5, 0.6) is 11.5 Å². The summed E-state index contributed by atoms with van der Waals surface area (Å²) >= 11 is 0. The van der Waals surface area contributed by atoms with Gasteiger partial charge in [-0.3, -0.25) is 4.79 Å². The number of hydrogen-bond donors (Lipinski definition) is 1. The molecule has 1 N–H and O–H groups in total. The van der Waals surface area contributed by atoms with E-state index in [2.05, 4.69) is 0 Å². The normalized spacial score (nSPS) is 11.2. The molecule has 3 nitrogen and oxygen atoms in total. The first-order valence-electron chi connectivity index (χ1n) is 6.86. The molecular formula is C18H20O3. The van der Waals surface area contributed by atoms with Crippen LogP contribution >= 0.6 is 0 Å². The van der Waals surface area contributed by atoms with Crippen molar-refractivity contribution in [2.75, 3.05) is 7.11 Å². The highest BCUT2D eigenvalue weighted by molar-refractivity contribution is 6.10. The van der Waals surface area contributed by atoms with E-state index in [9.17, 15) is 9.90 Å². The lowest BCUT2D eigenvalue weighted by Gasteiger charge is -2.23. The first kappa shape index (κ1) is 15.1. The van der Waals surface area contributed by atoms with Gasteiger partial charge >= 0.3 is 0 Å². The SMILES string of the molecule is COc1cc(O)c(C(=O)c2ccccc2)cc1C(C)(C)C. The Labute approximate surface area is 125 Å². The molecule has 0 aliphatic heterocycles. The predicted octanol–water partition coefficient (Wildman–Crippen LogP) is 3.93. The Morgan fingerprint density at radius 2 is 1.71 bits per heavy atom. The minimum absolute atomic E-state index is 0.0614. The third-order valence-corrected chi connectivity index (χ3v) is 3.41. The predicted molar refractivity (Wildman–Crippen MR) is 83.2 cm³/mol. The van der Waals surface area contributed by atoms with Gasteiger partial charge in [0.25, 0.3) is 0 Å². The molecule has 0 bridgehead atoms. The van der Waals surface area contributed by atoms with Crippen LogP contribution in [0.25, 0.3) is 0 Å². The maximum absolute atomic E-state index is 12.5. The number of phenols is 1. The number of aromatic hydroxyl groups is 1. The first-order valence-corrected chi connectivity index (χ1v) is 6.86. The van der Waals surface area contributed by atoms with Crippen LogP contribution in [0.4, 0.5) is 0 Å². The monoisotopic (exact) mass is 284 g/mol. The van der Waals surface area contributed by atoms with E-state index >= 15 is 0 Å². The molecule has 2 rings (SSSR count). The number of methoxy groups -OCH3 is 1. The molecule has 0 heterocycles. The Morgan fingerprint density at radius 3 is 2.24 bits per heavy atom. The van der Waals surface area contributed by atoms with Gasteiger partial charge < -0.3 is 9.84 Å². The van der Waals surface area contributed by atoms with Crippen molar-refractivity contribution in [3.8, 4) is 11.5 Å². The zero-order valence-electron chi connectivity index (χ0n) is 12.8. The number of benzene rings is 2. The van der Waals surface area contributed by atoms with Gasteiger partial charge in [-0.2, -0.15) is 0 Å². The van der Waals surface area contributed by atoms with Crippen molar-refractivity contribution in [1.82, 2.24) is 0 Å². The van der Waals surface area contributed by atoms with Crippen molar-refractivity contribution in [2.45, 2.75) is 26.2 Å². The first-order chi connectivity index (χ1) is 9.84. The molecule has 0 unspecified atom stereocenters. The third kappa shape index (κ3) is 3.07. The number of hydrogen-bond acceptors (Lipinski definition) is 3. The smallest absolute Gasteiger partial charge is 0.196 e. The molecule has 0 atom stereocenters. The van der Waals surface area contributed by atoms with Crippen LogP contribution in [0.1, 0.15) is 42.3 Å². The van der Waals surface area contributed by atoms with Crippen molar-refractivity contribution < 1.29 is 14.6 Å². The second-order valence-electron chi connectivity index (χ2n) is 6.01. The van der Waals surface area contributed by atoms with Gasteiger partial charge in [0.1, 0.15) is 11.5 Å². The number of ether oxygens (including phenoxy) is 1. The molecule has 0 amide bonds. The average Bonchev–Trinajstić information content (AvgIpc) is 2.45. The standard InChI is InChI=1S/C18H20O3/c1-18(2,3)14-10-13(15(19)11-16(14)21-4)17(20)12-8-6-5-7-9-12/h5-11,19H,1-4H3. The highest BCUT2D eigenvalue weighted by atomic mass is 16.5. The van der Waals surface area contributed by atoms with E-state index in [1.807, 2.05) is 26.8 Å². The lowest BCUT2D eigenvalue weighted by atomic mass is 9.84. The van der Waals surface area contributed by atoms with E-state index in [0.29, 0.717) is 16.9 Å². The van der Waals surface area contributed by atoms with Crippen LogP contribution in [0.3, 0.4) is 0 Å². The molecule has 0 fully saturated rings. The van der Waals surface area contributed by atoms with E-state index in [1.165, 1.54) is 6.07 Å². The van der Waals surface area contributed by atoms with Gasteiger partial charge in [0.15, 0.2) is 5.78 Å². The summed E-state index contributed by atoms with van der Waals surface area (Å²) in [6, 6.07) is 12.2. The molecule has 0 aliphatic carbocycles. The second kappa shape index (κ2) is 5.60. The molecule has 21 heavy (non-hydrogen) atoms. The summed E-state index contributed by atoms with van der Waals surface area (Å²) < 4.78 is 5.32. The molecule has 0 saturated heterocycles. The van der Waals surface area contributed by atoms with Gasteiger partial charge in [0.2, 0.25) is 0 Å². The number of carbonyl (C=O) groups is 1. The van der Waals surface area contributed by atoms with Gasteiger partial charge in [0, 0.05) is 17.2 Å². The van der Waals surface area contributed by atoms with Gasteiger partial charge in [-0.1, -0.05) is 51.1 Å². The minimum Gasteiger partial charge on any atom is -0.507 e. The van der Waals surface area contributed by atoms with Crippen molar-refractivity contribution in [1.29, 1.82) is 0 Å². The van der Waals surface area contributed by atoms with E-state index < -0.39 is 0 Å². The highest BCUT2D eigenvalue weighted by Gasteiger charge is 2.24. The molecule has 2 aromatic carbocycles. The summed E-state index contributed by atoms with van der Waals surface area (Å²) in [7, 11) is 1.56. The largest absolute Gasteiger partial charge is 0.507 e. The number of phenolic OH excluding ortho intramolecular Hbond substituents is 1. The third-order valence-electron chi connectivity index (χ3n) is 3.41. The lowest BCUT2D eigenvalue weighted by molar-refractivity contribution is 0.103. The molecule has 3 heteroatoms. The molecule has 0 radical (unpaired) electrons. The minimum atomic E-state index is -0.193. The highest BCUT2D eigenvalue weighted by Crippen LogP contribution is 2.36. The molecular weight excluding hydrogens is 264 g/mol. The van der Waals surface area contributed by atoms with Gasteiger partial charge in [-0.25, -0.2) is 0 Å². The van der Waals surface area contributed by atoms with Crippen LogP contribution < -0.4 is 4.74 Å². The van der Waals surface area contributed by atoms with Gasteiger partial charge in [-0.15, -0.1) is 0 Å². The molecule has 0 spiro atoms. The quantitative estimate of drug-likeness (QED) is 0.869. The molecule has 0 saturated carbocycles. The molecule has 0 aliphatic rings. The zero-order chi connectivity index (χ0) is 15.6. The fourth-order valence-corrected chi connectivity index (χ4v) is 2.25. The summed E-state index contributed by atoms with van der Waals surface area (Å²) in [6.07, 6.45) is 0. The number of ketones is 1. The lowest BCUT2D eigenvalue weighted by Crippen LogP contribution is -2.14. The molecule has 110 valence electrons. The summed E-state index contributed by atoms with van der Waals surface area (Å²) in [6.45, 7) is 6.12. The Hall–Kier alpha value is -2.29. The Morgan fingerprint density at radius 1 is 1.10 bits per heavy atom. The Kier molecular flexibility index (Phi) is 4.03. The van der Waals surface area contributed by atoms with Crippen LogP contribution in [0, 0.1) is 0 Å². The van der Waals surface area contributed by atoms with Crippen molar-refractivity contribution in [3.05, 3.63) is 59.2 Å². The number of carbonyl (C=O) groups excluding carboxylic acids is 1. The van der Waals surface area contributed by atoms with Crippen molar-refractivity contribution in [3.63, 3.8) is 0 Å². The van der Waals surface area contributed by atoms with Crippen LogP contribution in [0.2, 0.25) is 0 Å². The maximum Gasteiger partial charge on any atom is 0.196 e. The van der Waals surface area contributed by atoms with Crippen LogP contribution in [-0.2, 0) is 5.41 Å². The topological polar surface area (TPSA) is 46.5 Å². The van der Waals surface area contributed by atoms with Crippen LogP contribution in [0.15, 0.2) is 42.5 Å². The number of rotatable bonds is 3. The second-order valence-corrected chi connectivity index (χ2v) is 6.01. The summed E-state index contributed by atoms with van der Waals surface area (Å²) in [5.74, 6) is 0.333.